The van der Waals surface area contributed by atoms with Gasteiger partial charge in [0.05, 0.1) is 42.3 Å². The average Bonchev–Trinajstić information content (AvgIpc) is 3.06. The SMILES string of the molecule is CCCCc1c(C(=O)O)cc(C#N)c2c3c([nH]c12)C(CC(=O)OCC)OCC3. The number of unbranched alkanes of at least 4 members (excludes halogenated alkanes) is 1. The van der Waals surface area contributed by atoms with Gasteiger partial charge in [0, 0.05) is 11.1 Å². The van der Waals surface area contributed by atoms with Crippen LogP contribution in [0, 0.1) is 11.3 Å². The van der Waals surface area contributed by atoms with Gasteiger partial charge in [-0.05, 0) is 43.4 Å². The third-order valence-electron chi connectivity index (χ3n) is 5.10. The number of fused-ring (bicyclic) bond motifs is 3. The average molecular weight is 384 g/mol. The van der Waals surface area contributed by atoms with Crippen molar-refractivity contribution < 1.29 is 24.2 Å². The maximum atomic E-state index is 12.0. The summed E-state index contributed by atoms with van der Waals surface area (Å²) in [4.78, 5) is 27.1. The number of aromatic carboxylic acids is 1. The van der Waals surface area contributed by atoms with Gasteiger partial charge in [-0.15, -0.1) is 0 Å². The molecular weight excluding hydrogens is 360 g/mol. The largest absolute Gasteiger partial charge is 0.478 e. The third-order valence-corrected chi connectivity index (χ3v) is 5.10. The standard InChI is InChI=1S/C21H24N2O5/c1-3-5-6-13-15(21(25)26)9-12(11-22)18-14-7-8-28-16(10-17(24)27-4-2)19(14)23-20(13)18/h9,16,23H,3-8,10H2,1-2H3,(H,25,26). The summed E-state index contributed by atoms with van der Waals surface area (Å²) < 4.78 is 10.8. The van der Waals surface area contributed by atoms with Crippen LogP contribution in [-0.2, 0) is 27.1 Å². The van der Waals surface area contributed by atoms with E-state index in [4.69, 9.17) is 9.47 Å². The monoisotopic (exact) mass is 384 g/mol. The molecule has 1 aromatic carbocycles. The van der Waals surface area contributed by atoms with Crippen molar-refractivity contribution in [3.63, 3.8) is 0 Å². The van der Waals surface area contributed by atoms with E-state index in [-0.39, 0.29) is 18.0 Å². The van der Waals surface area contributed by atoms with E-state index in [1.54, 1.807) is 6.92 Å². The number of nitrogens with one attached hydrogen (secondary N) is 1. The van der Waals surface area contributed by atoms with Crippen molar-refractivity contribution in [1.29, 1.82) is 5.26 Å². The molecule has 0 spiro atoms. The first-order valence-electron chi connectivity index (χ1n) is 9.62. The van der Waals surface area contributed by atoms with Crippen LogP contribution in [0.15, 0.2) is 6.07 Å². The number of ether oxygens (including phenoxy) is 2. The Hall–Kier alpha value is -2.85. The number of hydrogen-bond acceptors (Lipinski definition) is 5. The molecule has 148 valence electrons. The number of rotatable bonds is 7. The summed E-state index contributed by atoms with van der Waals surface area (Å²) in [6, 6.07) is 3.62. The molecule has 0 radical (unpaired) electrons. The van der Waals surface area contributed by atoms with Crippen molar-refractivity contribution >= 4 is 22.8 Å². The molecule has 0 amide bonds. The number of nitrogens with zero attached hydrogens (tertiary/aromatic N) is 1. The van der Waals surface area contributed by atoms with Crippen LogP contribution in [-0.4, -0.2) is 35.2 Å². The first-order chi connectivity index (χ1) is 13.5. The van der Waals surface area contributed by atoms with Crippen LogP contribution in [0.5, 0.6) is 0 Å². The minimum absolute atomic E-state index is 0.0750. The van der Waals surface area contributed by atoms with E-state index in [1.807, 2.05) is 6.92 Å². The molecule has 0 saturated heterocycles. The topological polar surface area (TPSA) is 112 Å². The Morgan fingerprint density at radius 2 is 2.21 bits per heavy atom. The molecule has 7 nitrogen and oxygen atoms in total. The molecule has 1 aliphatic heterocycles. The molecule has 1 atom stereocenters. The van der Waals surface area contributed by atoms with Gasteiger partial charge in [-0.1, -0.05) is 13.3 Å². The number of aromatic amines is 1. The van der Waals surface area contributed by atoms with E-state index >= 15 is 0 Å². The summed E-state index contributed by atoms with van der Waals surface area (Å²) in [5.41, 5.74) is 3.54. The van der Waals surface area contributed by atoms with Crippen molar-refractivity contribution in [2.24, 2.45) is 0 Å². The van der Waals surface area contributed by atoms with Crippen LogP contribution >= 0.6 is 0 Å². The van der Waals surface area contributed by atoms with Crippen LogP contribution in [0.3, 0.4) is 0 Å². The number of esters is 1. The van der Waals surface area contributed by atoms with Crippen LogP contribution in [0.4, 0.5) is 0 Å². The van der Waals surface area contributed by atoms with Crippen molar-refractivity contribution in [3.8, 4) is 6.07 Å². The Morgan fingerprint density at radius 1 is 1.43 bits per heavy atom. The Morgan fingerprint density at radius 3 is 2.86 bits per heavy atom. The van der Waals surface area contributed by atoms with E-state index < -0.39 is 12.1 Å². The number of carbonyl (C=O) groups excluding carboxylic acids is 1. The lowest BCUT2D eigenvalue weighted by Crippen LogP contribution is -2.20. The molecule has 0 fully saturated rings. The van der Waals surface area contributed by atoms with Gasteiger partial charge in [0.2, 0.25) is 0 Å². The summed E-state index contributed by atoms with van der Waals surface area (Å²) in [6.07, 6.45) is 2.55. The fourth-order valence-electron chi connectivity index (χ4n) is 3.87. The number of benzene rings is 1. The molecule has 2 aromatic rings. The van der Waals surface area contributed by atoms with E-state index in [2.05, 4.69) is 11.1 Å². The molecule has 0 aliphatic carbocycles. The molecule has 1 unspecified atom stereocenters. The molecule has 28 heavy (non-hydrogen) atoms. The molecule has 2 N–H and O–H groups in total. The first-order valence-corrected chi connectivity index (χ1v) is 9.62. The summed E-state index contributed by atoms with van der Waals surface area (Å²) in [6.45, 7) is 4.53. The van der Waals surface area contributed by atoms with Crippen LogP contribution in [0.1, 0.15) is 72.0 Å². The second kappa shape index (κ2) is 8.44. The predicted molar refractivity (Wildman–Crippen MR) is 102 cm³/mol. The normalized spacial score (nSPS) is 15.8. The maximum Gasteiger partial charge on any atom is 0.336 e. The number of nitriles is 1. The molecule has 3 rings (SSSR count). The smallest absolute Gasteiger partial charge is 0.336 e. The number of carbonyl (C=O) groups is 2. The zero-order chi connectivity index (χ0) is 20.3. The van der Waals surface area contributed by atoms with Crippen molar-refractivity contribution in [2.75, 3.05) is 13.2 Å². The number of carboxylic acid groups (broad SMARTS) is 1. The molecule has 0 bridgehead atoms. The van der Waals surface area contributed by atoms with Gasteiger partial charge in [-0.2, -0.15) is 5.26 Å². The van der Waals surface area contributed by atoms with Gasteiger partial charge in [0.25, 0.3) is 0 Å². The van der Waals surface area contributed by atoms with Crippen LogP contribution in [0.25, 0.3) is 10.9 Å². The van der Waals surface area contributed by atoms with E-state index in [0.29, 0.717) is 42.7 Å². The maximum absolute atomic E-state index is 12.0. The highest BCUT2D eigenvalue weighted by atomic mass is 16.5. The second-order valence-corrected chi connectivity index (χ2v) is 6.86. The quantitative estimate of drug-likeness (QED) is 0.705. The van der Waals surface area contributed by atoms with Gasteiger partial charge >= 0.3 is 11.9 Å². The number of aromatic nitrogens is 1. The number of H-pyrrole nitrogens is 1. The zero-order valence-electron chi connectivity index (χ0n) is 16.1. The van der Waals surface area contributed by atoms with E-state index in [1.165, 1.54) is 6.07 Å². The highest BCUT2D eigenvalue weighted by Crippen LogP contribution is 2.38. The Labute approximate surface area is 163 Å². The molecule has 0 saturated carbocycles. The molecule has 1 aromatic heterocycles. The van der Waals surface area contributed by atoms with Gasteiger partial charge in [0.15, 0.2) is 0 Å². The van der Waals surface area contributed by atoms with Crippen molar-refractivity contribution in [2.45, 2.75) is 52.1 Å². The second-order valence-electron chi connectivity index (χ2n) is 6.86. The molecule has 7 heteroatoms. The Bertz CT molecular complexity index is 954. The van der Waals surface area contributed by atoms with Gasteiger partial charge in [0.1, 0.15) is 6.10 Å². The lowest BCUT2D eigenvalue weighted by molar-refractivity contribution is -0.146. The zero-order valence-corrected chi connectivity index (χ0v) is 16.1. The lowest BCUT2D eigenvalue weighted by atomic mass is 9.92. The summed E-state index contributed by atoms with van der Waals surface area (Å²) in [5, 5.41) is 20.1. The highest BCUT2D eigenvalue weighted by molar-refractivity contribution is 6.01. The summed E-state index contributed by atoms with van der Waals surface area (Å²) in [5.74, 6) is -1.40. The van der Waals surface area contributed by atoms with E-state index in [9.17, 15) is 20.0 Å². The lowest BCUT2D eigenvalue weighted by Gasteiger charge is -2.22. The minimum Gasteiger partial charge on any atom is -0.478 e. The third kappa shape index (κ3) is 3.60. The highest BCUT2D eigenvalue weighted by Gasteiger charge is 2.30. The van der Waals surface area contributed by atoms with Gasteiger partial charge < -0.3 is 19.6 Å². The number of aryl methyl sites for hydroxylation is 1. The van der Waals surface area contributed by atoms with Crippen LogP contribution < -0.4 is 0 Å². The fourth-order valence-corrected chi connectivity index (χ4v) is 3.87. The van der Waals surface area contributed by atoms with Gasteiger partial charge in [-0.25, -0.2) is 4.79 Å². The van der Waals surface area contributed by atoms with Gasteiger partial charge in [-0.3, -0.25) is 4.79 Å². The molecule has 2 heterocycles. The summed E-state index contributed by atoms with van der Waals surface area (Å²) >= 11 is 0. The fraction of sp³-hybridized carbons (Fsp3) is 0.476. The Kier molecular flexibility index (Phi) is 6.00. The van der Waals surface area contributed by atoms with Crippen molar-refractivity contribution in [1.82, 2.24) is 4.98 Å². The predicted octanol–water partition coefficient (Wildman–Crippen LogP) is 3.65. The van der Waals surface area contributed by atoms with Crippen LogP contribution in [0.2, 0.25) is 0 Å². The number of hydrogen-bond donors (Lipinski definition) is 2. The Balaban J connectivity index is 2.19. The van der Waals surface area contributed by atoms with Crippen molar-refractivity contribution in [3.05, 3.63) is 34.0 Å². The molecule has 1 aliphatic rings. The van der Waals surface area contributed by atoms with E-state index in [0.717, 1.165) is 29.5 Å². The minimum atomic E-state index is -1.05. The first kappa shape index (κ1) is 19.9. The number of carboxylic acids is 1. The summed E-state index contributed by atoms with van der Waals surface area (Å²) in [7, 11) is 0. The molecular formula is C21H24N2O5.